The highest BCUT2D eigenvalue weighted by molar-refractivity contribution is 5.36. The maximum Gasteiger partial charge on any atom is 0.274 e. The van der Waals surface area contributed by atoms with Crippen molar-refractivity contribution in [3.63, 3.8) is 0 Å². The molecule has 0 saturated heterocycles. The molecule has 0 aliphatic carbocycles. The Labute approximate surface area is 86.8 Å². The summed E-state index contributed by atoms with van der Waals surface area (Å²) in [7, 11) is 0. The van der Waals surface area contributed by atoms with Gasteiger partial charge in [0.2, 0.25) is 0 Å². The molecule has 1 aromatic rings. The number of para-hydroxylation sites is 1. The highest BCUT2D eigenvalue weighted by Crippen LogP contribution is 2.34. The fourth-order valence-electron chi connectivity index (χ4n) is 1.12. The Kier molecular flexibility index (Phi) is 3.29. The first-order valence-electron chi connectivity index (χ1n) is 4.38. The van der Waals surface area contributed by atoms with E-state index < -0.39 is 5.92 Å². The second-order valence-electron chi connectivity index (χ2n) is 3.24. The Balaban J connectivity index is 2.92. The largest absolute Gasteiger partial charge is 0.509 e. The van der Waals surface area contributed by atoms with Gasteiger partial charge in [0, 0.05) is 6.92 Å². The zero-order valence-corrected chi connectivity index (χ0v) is 8.34. The highest BCUT2D eigenvalue weighted by atomic mass is 19.3. The Hall–Kier alpha value is -1.58. The smallest absolute Gasteiger partial charge is 0.274 e. The van der Waals surface area contributed by atoms with Crippen LogP contribution in [0.4, 0.5) is 8.78 Å². The molecule has 1 N–H and O–H groups in total. The monoisotopic (exact) mass is 214 g/mol. The molecule has 4 heteroatoms. The summed E-state index contributed by atoms with van der Waals surface area (Å²) < 4.78 is 31.1. The fraction of sp³-hybridized carbons (Fsp3) is 0.273. The van der Waals surface area contributed by atoms with Crippen LogP contribution in [0.3, 0.4) is 0 Å². The molecule has 0 amide bonds. The summed E-state index contributed by atoms with van der Waals surface area (Å²) in [4.78, 5) is 0. The lowest BCUT2D eigenvalue weighted by Gasteiger charge is -2.15. The van der Waals surface area contributed by atoms with Crippen LogP contribution in [0.2, 0.25) is 0 Å². The van der Waals surface area contributed by atoms with Crippen molar-refractivity contribution in [3.8, 4) is 5.75 Å². The molecule has 0 spiro atoms. The minimum Gasteiger partial charge on any atom is -0.509 e. The molecule has 1 rings (SSSR count). The van der Waals surface area contributed by atoms with Crippen molar-refractivity contribution < 1.29 is 18.6 Å². The first kappa shape index (κ1) is 11.5. The summed E-state index contributed by atoms with van der Waals surface area (Å²) >= 11 is 0. The number of rotatable bonds is 4. The summed E-state index contributed by atoms with van der Waals surface area (Å²) in [5, 5.41) is 8.80. The molecule has 0 heterocycles. The number of aliphatic hydroxyl groups excluding tert-OH is 1. The van der Waals surface area contributed by atoms with Gasteiger partial charge in [0.25, 0.3) is 5.92 Å². The van der Waals surface area contributed by atoms with Crippen molar-refractivity contribution in [2.75, 3.05) is 6.61 Å². The Morgan fingerprint density at radius 3 is 2.60 bits per heavy atom. The Morgan fingerprint density at radius 2 is 2.07 bits per heavy atom. The van der Waals surface area contributed by atoms with Gasteiger partial charge in [0.1, 0.15) is 18.1 Å². The number of alkyl halides is 2. The summed E-state index contributed by atoms with van der Waals surface area (Å²) in [5.74, 6) is -3.11. The Morgan fingerprint density at radius 1 is 1.47 bits per heavy atom. The van der Waals surface area contributed by atoms with E-state index in [2.05, 4.69) is 6.58 Å². The molecule has 15 heavy (non-hydrogen) atoms. The normalized spacial score (nSPS) is 11.1. The fourth-order valence-corrected chi connectivity index (χ4v) is 1.12. The second kappa shape index (κ2) is 4.29. The standard InChI is InChI=1S/C11H12F2O2/c1-8(14)7-15-10-6-4-3-5-9(10)11(2,12)13/h3-6,14H,1,7H2,2H3. The van der Waals surface area contributed by atoms with Crippen LogP contribution in [-0.2, 0) is 5.92 Å². The summed E-state index contributed by atoms with van der Waals surface area (Å²) in [6.45, 7) is 3.81. The molecule has 0 aromatic heterocycles. The first-order chi connectivity index (χ1) is 6.91. The number of aliphatic hydroxyl groups is 1. The van der Waals surface area contributed by atoms with Gasteiger partial charge in [-0.3, -0.25) is 0 Å². The van der Waals surface area contributed by atoms with Gasteiger partial charge in [-0.15, -0.1) is 0 Å². The van der Waals surface area contributed by atoms with Gasteiger partial charge in [0.15, 0.2) is 0 Å². The van der Waals surface area contributed by atoms with Crippen molar-refractivity contribution in [1.82, 2.24) is 0 Å². The minimum absolute atomic E-state index is 0.0557. The van der Waals surface area contributed by atoms with Crippen molar-refractivity contribution in [3.05, 3.63) is 42.2 Å². The first-order valence-corrected chi connectivity index (χ1v) is 4.38. The lowest BCUT2D eigenvalue weighted by molar-refractivity contribution is 0.0144. The van der Waals surface area contributed by atoms with E-state index in [0.717, 1.165) is 6.92 Å². The van der Waals surface area contributed by atoms with Crippen LogP contribution in [-0.4, -0.2) is 11.7 Å². The van der Waals surface area contributed by atoms with E-state index in [1.165, 1.54) is 18.2 Å². The molecular formula is C11H12F2O2. The van der Waals surface area contributed by atoms with Gasteiger partial charge in [0.05, 0.1) is 5.56 Å². The van der Waals surface area contributed by atoms with Gasteiger partial charge in [-0.1, -0.05) is 18.7 Å². The molecule has 0 saturated carbocycles. The van der Waals surface area contributed by atoms with E-state index in [4.69, 9.17) is 9.84 Å². The second-order valence-corrected chi connectivity index (χ2v) is 3.24. The molecule has 0 radical (unpaired) electrons. The molecule has 0 bridgehead atoms. The molecule has 0 aliphatic rings. The van der Waals surface area contributed by atoms with Crippen LogP contribution in [0, 0.1) is 0 Å². The van der Waals surface area contributed by atoms with Gasteiger partial charge in [-0.25, -0.2) is 8.78 Å². The van der Waals surface area contributed by atoms with Gasteiger partial charge in [-0.05, 0) is 12.1 Å². The molecule has 1 aromatic carbocycles. The van der Waals surface area contributed by atoms with E-state index >= 15 is 0 Å². The lowest BCUT2D eigenvalue weighted by Crippen LogP contribution is -2.11. The summed E-state index contributed by atoms with van der Waals surface area (Å²) in [6.07, 6.45) is 0. The molecule has 82 valence electrons. The van der Waals surface area contributed by atoms with Crippen LogP contribution < -0.4 is 4.74 Å². The van der Waals surface area contributed by atoms with Gasteiger partial charge >= 0.3 is 0 Å². The van der Waals surface area contributed by atoms with Crippen LogP contribution >= 0.6 is 0 Å². The predicted octanol–water partition coefficient (Wildman–Crippen LogP) is 3.25. The molecule has 0 fully saturated rings. The zero-order valence-electron chi connectivity index (χ0n) is 8.34. The maximum absolute atomic E-state index is 13.1. The number of halogens is 2. The molecular weight excluding hydrogens is 202 g/mol. The molecule has 0 unspecified atom stereocenters. The number of ether oxygens (including phenoxy) is 1. The number of benzene rings is 1. The van der Waals surface area contributed by atoms with Gasteiger partial charge < -0.3 is 9.84 Å². The van der Waals surface area contributed by atoms with Crippen LogP contribution in [0.15, 0.2) is 36.6 Å². The van der Waals surface area contributed by atoms with Crippen LogP contribution in [0.25, 0.3) is 0 Å². The maximum atomic E-state index is 13.1. The van der Waals surface area contributed by atoms with E-state index in [0.29, 0.717) is 0 Å². The third-order valence-corrected chi connectivity index (χ3v) is 1.75. The van der Waals surface area contributed by atoms with Crippen molar-refractivity contribution in [2.24, 2.45) is 0 Å². The quantitative estimate of drug-likeness (QED) is 0.779. The lowest BCUT2D eigenvalue weighted by atomic mass is 10.1. The predicted molar refractivity (Wildman–Crippen MR) is 53.3 cm³/mol. The highest BCUT2D eigenvalue weighted by Gasteiger charge is 2.28. The average Bonchev–Trinajstić information content (AvgIpc) is 2.13. The summed E-state index contributed by atoms with van der Waals surface area (Å²) in [6, 6.07) is 5.81. The van der Waals surface area contributed by atoms with Crippen molar-refractivity contribution in [2.45, 2.75) is 12.8 Å². The number of hydrogen-bond donors (Lipinski definition) is 1. The van der Waals surface area contributed by atoms with E-state index in [9.17, 15) is 8.78 Å². The molecule has 2 nitrogen and oxygen atoms in total. The van der Waals surface area contributed by atoms with Gasteiger partial charge in [-0.2, -0.15) is 0 Å². The third kappa shape index (κ3) is 3.23. The Bertz CT molecular complexity index is 356. The minimum atomic E-state index is -2.96. The molecule has 0 aliphatic heterocycles. The summed E-state index contributed by atoms with van der Waals surface area (Å²) in [5.41, 5.74) is -0.203. The topological polar surface area (TPSA) is 29.5 Å². The number of hydrogen-bond acceptors (Lipinski definition) is 2. The zero-order chi connectivity index (χ0) is 11.5. The van der Waals surface area contributed by atoms with E-state index in [-0.39, 0.29) is 23.7 Å². The van der Waals surface area contributed by atoms with E-state index in [1.54, 1.807) is 6.07 Å². The van der Waals surface area contributed by atoms with E-state index in [1.807, 2.05) is 0 Å². The average molecular weight is 214 g/mol. The third-order valence-electron chi connectivity index (χ3n) is 1.75. The SMILES string of the molecule is C=C(O)COc1ccccc1C(C)(F)F. The molecule has 0 atom stereocenters. The van der Waals surface area contributed by atoms with Crippen LogP contribution in [0.1, 0.15) is 12.5 Å². The van der Waals surface area contributed by atoms with Crippen molar-refractivity contribution >= 4 is 0 Å². The van der Waals surface area contributed by atoms with Crippen molar-refractivity contribution in [1.29, 1.82) is 0 Å². The van der Waals surface area contributed by atoms with Crippen LogP contribution in [0.5, 0.6) is 5.75 Å².